The second kappa shape index (κ2) is 5.75. The van der Waals surface area contributed by atoms with E-state index in [1.807, 2.05) is 11.0 Å². The lowest BCUT2D eigenvalue weighted by Crippen LogP contribution is -2.42. The molecule has 3 N–H and O–H groups in total. The largest absolute Gasteiger partial charge is 0.389 e. The fourth-order valence-corrected chi connectivity index (χ4v) is 2.79. The smallest absolute Gasteiger partial charge is 0.242 e. The number of hydrogen-bond donors (Lipinski definition) is 2. The second-order valence-corrected chi connectivity index (χ2v) is 5.37. The molecule has 1 aromatic carbocycles. The quantitative estimate of drug-likeness (QED) is 0.834. The minimum absolute atomic E-state index is 0.0151. The Morgan fingerprint density at radius 1 is 1.58 bits per heavy atom. The molecule has 0 spiro atoms. The molecule has 1 atom stereocenters. The molecule has 4 nitrogen and oxygen atoms in total. The van der Waals surface area contributed by atoms with Crippen molar-refractivity contribution in [2.75, 3.05) is 18.5 Å². The predicted octanol–water partition coefficient (Wildman–Crippen LogP) is 1.69. The lowest BCUT2D eigenvalue weighted by atomic mass is 10.1. The van der Waals surface area contributed by atoms with E-state index in [2.05, 4.69) is 5.32 Å². The Kier molecular flexibility index (Phi) is 4.27. The van der Waals surface area contributed by atoms with Crippen LogP contribution >= 0.6 is 23.8 Å². The third kappa shape index (κ3) is 2.82. The zero-order valence-corrected chi connectivity index (χ0v) is 12.2. The van der Waals surface area contributed by atoms with Crippen LogP contribution in [0.15, 0.2) is 18.2 Å². The fourth-order valence-electron chi connectivity index (χ4n) is 2.45. The molecule has 1 fully saturated rings. The zero-order valence-electron chi connectivity index (χ0n) is 10.6. The molecule has 102 valence electrons. The second-order valence-electron chi connectivity index (χ2n) is 4.49. The standard InChI is InChI=1S/C13H16ClN3OS/c1-16-13(18)11-3-2-6-17(11)10-5-4-8(14)7-9(10)12(15)19/h4-5,7,11H,2-3,6H2,1H3,(H2,15,19)(H,16,18). The summed E-state index contributed by atoms with van der Waals surface area (Å²) >= 11 is 11.1. The first-order valence-corrected chi connectivity index (χ1v) is 6.91. The van der Waals surface area contributed by atoms with Crippen LogP contribution < -0.4 is 16.0 Å². The Balaban J connectivity index is 2.40. The van der Waals surface area contributed by atoms with Gasteiger partial charge in [-0.2, -0.15) is 0 Å². The van der Waals surface area contributed by atoms with E-state index >= 15 is 0 Å². The Morgan fingerprint density at radius 2 is 2.32 bits per heavy atom. The van der Waals surface area contributed by atoms with E-state index in [4.69, 9.17) is 29.6 Å². The van der Waals surface area contributed by atoms with Gasteiger partial charge in [-0.05, 0) is 31.0 Å². The van der Waals surface area contributed by atoms with Crippen LogP contribution in [0, 0.1) is 0 Å². The molecule has 1 saturated heterocycles. The molecule has 6 heteroatoms. The molecule has 1 heterocycles. The van der Waals surface area contributed by atoms with Crippen molar-refractivity contribution < 1.29 is 4.79 Å². The van der Waals surface area contributed by atoms with Gasteiger partial charge in [0.05, 0.1) is 0 Å². The van der Waals surface area contributed by atoms with Gasteiger partial charge in [0.15, 0.2) is 0 Å². The van der Waals surface area contributed by atoms with Gasteiger partial charge in [-0.15, -0.1) is 0 Å². The Bertz CT molecular complexity index is 521. The number of anilines is 1. The van der Waals surface area contributed by atoms with Gasteiger partial charge in [0.2, 0.25) is 5.91 Å². The van der Waals surface area contributed by atoms with Gasteiger partial charge in [0, 0.05) is 29.9 Å². The van der Waals surface area contributed by atoms with Crippen molar-refractivity contribution >= 4 is 40.4 Å². The van der Waals surface area contributed by atoms with E-state index in [1.165, 1.54) is 0 Å². The highest BCUT2D eigenvalue weighted by Crippen LogP contribution is 2.30. The highest BCUT2D eigenvalue weighted by Gasteiger charge is 2.31. The predicted molar refractivity (Wildman–Crippen MR) is 81.8 cm³/mol. The molecule has 1 amide bonds. The molecule has 0 aliphatic carbocycles. The van der Waals surface area contributed by atoms with E-state index in [1.54, 1.807) is 19.2 Å². The minimum Gasteiger partial charge on any atom is -0.389 e. The topological polar surface area (TPSA) is 58.4 Å². The number of rotatable bonds is 3. The maximum absolute atomic E-state index is 11.9. The molecule has 1 aromatic rings. The summed E-state index contributed by atoms with van der Waals surface area (Å²) in [6.07, 6.45) is 1.80. The fraction of sp³-hybridized carbons (Fsp3) is 0.385. The summed E-state index contributed by atoms with van der Waals surface area (Å²) in [5.41, 5.74) is 7.35. The molecular weight excluding hydrogens is 282 g/mol. The van der Waals surface area contributed by atoms with Gasteiger partial charge in [-0.1, -0.05) is 23.8 Å². The van der Waals surface area contributed by atoms with E-state index in [0.717, 1.165) is 30.6 Å². The number of halogens is 1. The first-order valence-electron chi connectivity index (χ1n) is 6.12. The Hall–Kier alpha value is -1.33. The molecule has 2 rings (SSSR count). The highest BCUT2D eigenvalue weighted by molar-refractivity contribution is 7.80. The molecule has 1 aliphatic heterocycles. The van der Waals surface area contributed by atoms with Gasteiger partial charge in [0.25, 0.3) is 0 Å². The van der Waals surface area contributed by atoms with Gasteiger partial charge >= 0.3 is 0 Å². The van der Waals surface area contributed by atoms with Crippen LogP contribution in [0.1, 0.15) is 18.4 Å². The summed E-state index contributed by atoms with van der Waals surface area (Å²) in [6, 6.07) is 5.24. The third-order valence-corrected chi connectivity index (χ3v) is 3.79. The first-order chi connectivity index (χ1) is 9.04. The number of carbonyl (C=O) groups excluding carboxylic acids is 1. The summed E-state index contributed by atoms with van der Waals surface area (Å²) in [7, 11) is 1.65. The SMILES string of the molecule is CNC(=O)C1CCCN1c1ccc(Cl)cc1C(N)=S. The van der Waals surface area contributed by atoms with Crippen LogP contribution in [0.2, 0.25) is 5.02 Å². The molecule has 0 saturated carbocycles. The van der Waals surface area contributed by atoms with Crippen LogP contribution in [0.3, 0.4) is 0 Å². The molecule has 0 radical (unpaired) electrons. The molecule has 1 aliphatic rings. The van der Waals surface area contributed by atoms with Gasteiger partial charge in [-0.25, -0.2) is 0 Å². The summed E-state index contributed by atoms with van der Waals surface area (Å²) in [4.78, 5) is 14.2. The number of nitrogens with zero attached hydrogens (tertiary/aromatic N) is 1. The number of likely N-dealkylation sites (N-methyl/N-ethyl adjacent to an activating group) is 1. The van der Waals surface area contributed by atoms with E-state index in [0.29, 0.717) is 10.0 Å². The lowest BCUT2D eigenvalue weighted by Gasteiger charge is -2.27. The zero-order chi connectivity index (χ0) is 14.0. The molecule has 0 aromatic heterocycles. The van der Waals surface area contributed by atoms with Crippen molar-refractivity contribution in [1.29, 1.82) is 0 Å². The van der Waals surface area contributed by atoms with Crippen molar-refractivity contribution in [3.05, 3.63) is 28.8 Å². The average molecular weight is 298 g/mol. The van der Waals surface area contributed by atoms with E-state index in [-0.39, 0.29) is 11.9 Å². The van der Waals surface area contributed by atoms with Gasteiger partial charge in [-0.3, -0.25) is 4.79 Å². The number of nitrogens with two attached hydrogens (primary N) is 1. The normalized spacial score (nSPS) is 18.4. The number of benzene rings is 1. The molecular formula is C13H16ClN3OS. The number of amides is 1. The van der Waals surface area contributed by atoms with Crippen LogP contribution in [-0.4, -0.2) is 30.5 Å². The van der Waals surface area contributed by atoms with Crippen LogP contribution in [0.5, 0.6) is 0 Å². The third-order valence-electron chi connectivity index (χ3n) is 3.34. The summed E-state index contributed by atoms with van der Waals surface area (Å²) in [5.74, 6) is 0.0151. The number of carbonyl (C=O) groups is 1. The minimum atomic E-state index is -0.167. The molecule has 0 bridgehead atoms. The van der Waals surface area contributed by atoms with Crippen LogP contribution in [0.25, 0.3) is 0 Å². The molecule has 1 unspecified atom stereocenters. The monoisotopic (exact) mass is 297 g/mol. The molecule has 19 heavy (non-hydrogen) atoms. The van der Waals surface area contributed by atoms with Gasteiger partial charge in [0.1, 0.15) is 11.0 Å². The van der Waals surface area contributed by atoms with Gasteiger partial charge < -0.3 is 16.0 Å². The summed E-state index contributed by atoms with van der Waals surface area (Å²) in [5, 5.41) is 3.28. The van der Waals surface area contributed by atoms with Crippen LogP contribution in [0.4, 0.5) is 5.69 Å². The maximum atomic E-state index is 11.9. The maximum Gasteiger partial charge on any atom is 0.242 e. The van der Waals surface area contributed by atoms with Crippen molar-refractivity contribution in [1.82, 2.24) is 5.32 Å². The van der Waals surface area contributed by atoms with Crippen LogP contribution in [-0.2, 0) is 4.79 Å². The number of thiocarbonyl (C=S) groups is 1. The van der Waals surface area contributed by atoms with Crippen molar-refractivity contribution in [3.8, 4) is 0 Å². The summed E-state index contributed by atoms with van der Waals surface area (Å²) in [6.45, 7) is 0.815. The van der Waals surface area contributed by atoms with Crippen molar-refractivity contribution in [2.45, 2.75) is 18.9 Å². The number of nitrogens with one attached hydrogen (secondary N) is 1. The Morgan fingerprint density at radius 3 is 2.95 bits per heavy atom. The average Bonchev–Trinajstić information content (AvgIpc) is 2.86. The Labute approximate surface area is 122 Å². The number of hydrogen-bond acceptors (Lipinski definition) is 3. The van der Waals surface area contributed by atoms with E-state index in [9.17, 15) is 4.79 Å². The lowest BCUT2D eigenvalue weighted by molar-refractivity contribution is -0.121. The van der Waals surface area contributed by atoms with Crippen molar-refractivity contribution in [2.24, 2.45) is 5.73 Å². The van der Waals surface area contributed by atoms with Crippen molar-refractivity contribution in [3.63, 3.8) is 0 Å². The van der Waals surface area contributed by atoms with E-state index < -0.39 is 0 Å². The summed E-state index contributed by atoms with van der Waals surface area (Å²) < 4.78 is 0. The first kappa shape index (κ1) is 14.1. The highest BCUT2D eigenvalue weighted by atomic mass is 35.5.